The number of aromatic nitrogens is 3. The van der Waals surface area contributed by atoms with Crippen LogP contribution >= 0.6 is 37.1 Å². The number of hydrogen-bond donors (Lipinski definition) is 4. The summed E-state index contributed by atoms with van der Waals surface area (Å²) < 4.78 is 2.82. The molecule has 0 spiro atoms. The van der Waals surface area contributed by atoms with Gasteiger partial charge in [-0.15, -0.1) is 0 Å². The number of pyridine rings is 3. The summed E-state index contributed by atoms with van der Waals surface area (Å²) >= 11 is 20.0. The molecule has 0 aromatic carbocycles. The number of hydrogen-bond acceptors (Lipinski definition) is 5. The third kappa shape index (κ3) is 3.56. The van der Waals surface area contributed by atoms with Crippen LogP contribution in [0, 0.1) is 9.15 Å². The molecule has 3 aromatic rings. The zero-order valence-corrected chi connectivity index (χ0v) is 18.2. The van der Waals surface area contributed by atoms with Crippen molar-refractivity contribution in [2.45, 2.75) is 4.90 Å². The van der Waals surface area contributed by atoms with E-state index in [1.54, 1.807) is 12.1 Å². The van der Waals surface area contributed by atoms with E-state index in [9.17, 15) is 5.11 Å². The fraction of sp³-hybridized carbons (Fsp3) is 0. The molecule has 24 heavy (non-hydrogen) atoms. The predicted molar refractivity (Wildman–Crippen MR) is 105 cm³/mol. The summed E-state index contributed by atoms with van der Waals surface area (Å²) in [5.74, 6) is 0.131. The molecule has 0 saturated carbocycles. The van der Waals surface area contributed by atoms with E-state index in [1.165, 1.54) is 6.20 Å². The number of nitrogens with one attached hydrogen (secondary N) is 2. The Hall–Kier alpha value is -0.843. The SMILES string of the molecule is Oc1cnc(-c2cc(=S)c([As])c(-c3[nH]c(=S)ccc3S)[nH]2)cc1[As]. The Morgan fingerprint density at radius 1 is 1.08 bits per heavy atom. The van der Waals surface area contributed by atoms with Crippen molar-refractivity contribution in [3.63, 3.8) is 0 Å². The molecule has 0 aliphatic carbocycles. The second kappa shape index (κ2) is 7.18. The Morgan fingerprint density at radius 3 is 2.54 bits per heavy atom. The zero-order chi connectivity index (χ0) is 17.4. The maximum absolute atomic E-state index is 9.65. The molecule has 0 atom stereocenters. The van der Waals surface area contributed by atoms with Crippen LogP contribution in [0.15, 0.2) is 35.4 Å². The molecule has 4 radical (unpaired) electrons. The van der Waals surface area contributed by atoms with Crippen LogP contribution in [0.25, 0.3) is 22.8 Å². The molecule has 3 aromatic heterocycles. The Labute approximate surface area is 171 Å². The van der Waals surface area contributed by atoms with Crippen molar-refractivity contribution in [1.29, 1.82) is 0 Å². The molecule has 0 fully saturated rings. The van der Waals surface area contributed by atoms with Gasteiger partial charge in [-0.1, -0.05) is 0 Å². The molecule has 0 bridgehead atoms. The monoisotopic (exact) mass is 493 g/mol. The van der Waals surface area contributed by atoms with Gasteiger partial charge >= 0.3 is 173 Å². The Bertz CT molecular complexity index is 1060. The van der Waals surface area contributed by atoms with Crippen molar-refractivity contribution in [2.24, 2.45) is 0 Å². The van der Waals surface area contributed by atoms with E-state index >= 15 is 0 Å². The summed E-state index contributed by atoms with van der Waals surface area (Å²) in [7, 11) is 0. The first kappa shape index (κ1) is 18.0. The molecule has 0 aliphatic rings. The van der Waals surface area contributed by atoms with E-state index < -0.39 is 0 Å². The van der Waals surface area contributed by atoms with Gasteiger partial charge in [0.15, 0.2) is 0 Å². The molecular formula is C15H9As2N3OS3. The zero-order valence-electron chi connectivity index (χ0n) is 11.9. The average Bonchev–Trinajstić information content (AvgIpc) is 2.55. The van der Waals surface area contributed by atoms with Gasteiger partial charge in [-0.05, 0) is 0 Å². The summed E-state index contributed by atoms with van der Waals surface area (Å²) in [6.07, 6.45) is 1.41. The van der Waals surface area contributed by atoms with Gasteiger partial charge in [-0.2, -0.15) is 0 Å². The molecule has 0 amide bonds. The number of H-pyrrole nitrogens is 2. The van der Waals surface area contributed by atoms with Crippen molar-refractivity contribution >= 4 is 79.5 Å². The fourth-order valence-corrected chi connectivity index (χ4v) is 3.61. The van der Waals surface area contributed by atoms with Gasteiger partial charge < -0.3 is 0 Å². The van der Waals surface area contributed by atoms with Gasteiger partial charge in [0, 0.05) is 0 Å². The van der Waals surface area contributed by atoms with Crippen molar-refractivity contribution < 1.29 is 5.11 Å². The molecule has 4 nitrogen and oxygen atoms in total. The van der Waals surface area contributed by atoms with Crippen LogP contribution in [0.3, 0.4) is 0 Å². The van der Waals surface area contributed by atoms with Crippen molar-refractivity contribution in [3.05, 3.63) is 39.6 Å². The van der Waals surface area contributed by atoms with Gasteiger partial charge in [0.1, 0.15) is 0 Å². The molecule has 3 heterocycles. The number of nitrogens with zero attached hydrogens (tertiary/aromatic N) is 1. The van der Waals surface area contributed by atoms with E-state index in [2.05, 4.69) is 61.3 Å². The minimum atomic E-state index is 0.131. The molecular weight excluding hydrogens is 484 g/mol. The number of rotatable bonds is 2. The minimum absolute atomic E-state index is 0.131. The van der Waals surface area contributed by atoms with E-state index in [0.29, 0.717) is 19.2 Å². The number of aromatic hydroxyl groups is 1. The van der Waals surface area contributed by atoms with Crippen molar-refractivity contribution in [3.8, 4) is 28.5 Å². The van der Waals surface area contributed by atoms with E-state index in [0.717, 1.165) is 26.3 Å². The molecule has 3 rings (SSSR count). The predicted octanol–water partition coefficient (Wildman–Crippen LogP) is 2.11. The quantitative estimate of drug-likeness (QED) is 0.251. The van der Waals surface area contributed by atoms with E-state index in [4.69, 9.17) is 24.4 Å². The average molecular weight is 493 g/mol. The number of thiol groups is 1. The fourth-order valence-electron chi connectivity index (χ4n) is 2.11. The van der Waals surface area contributed by atoms with Crippen LogP contribution in [0.1, 0.15) is 0 Å². The van der Waals surface area contributed by atoms with Crippen LogP contribution in [-0.2, 0) is 0 Å². The molecule has 118 valence electrons. The molecule has 9 heteroatoms. The van der Waals surface area contributed by atoms with Crippen LogP contribution < -0.4 is 8.70 Å². The van der Waals surface area contributed by atoms with Crippen molar-refractivity contribution in [1.82, 2.24) is 15.0 Å². The first-order valence-corrected chi connectivity index (χ1v) is 9.78. The molecule has 0 saturated heterocycles. The summed E-state index contributed by atoms with van der Waals surface area (Å²) in [6, 6.07) is 7.24. The summed E-state index contributed by atoms with van der Waals surface area (Å²) in [5.41, 5.74) is 2.98. The summed E-state index contributed by atoms with van der Waals surface area (Å²) in [6.45, 7) is 0. The Balaban J connectivity index is 2.27. The topological polar surface area (TPSA) is 64.7 Å². The second-order valence-corrected chi connectivity index (χ2v) is 8.22. The van der Waals surface area contributed by atoms with E-state index in [1.807, 2.05) is 12.1 Å². The van der Waals surface area contributed by atoms with Gasteiger partial charge in [0.25, 0.3) is 0 Å². The standard InChI is InChI=1S/C15H9As2N3OS3/c16-6-3-7(18-5-9(6)21)8-4-11(23)13(17)15(19-8)14-10(22)1-2-12(24)20-14/h1-5,21-22H,(H,19,23)(H,20,24). The van der Waals surface area contributed by atoms with Crippen LogP contribution in [0.4, 0.5) is 0 Å². The molecule has 0 unspecified atom stereocenters. The van der Waals surface area contributed by atoms with Crippen LogP contribution in [-0.4, -0.2) is 53.8 Å². The second-order valence-electron chi connectivity index (χ2n) is 4.91. The van der Waals surface area contributed by atoms with Gasteiger partial charge in [0.2, 0.25) is 0 Å². The Kier molecular flexibility index (Phi) is 5.38. The third-order valence-electron chi connectivity index (χ3n) is 3.29. The normalized spacial score (nSPS) is 10.8. The first-order chi connectivity index (χ1) is 11.4. The number of aromatic amines is 2. The van der Waals surface area contributed by atoms with E-state index in [-0.39, 0.29) is 5.75 Å². The van der Waals surface area contributed by atoms with Gasteiger partial charge in [-0.25, -0.2) is 0 Å². The first-order valence-electron chi connectivity index (χ1n) is 6.64. The summed E-state index contributed by atoms with van der Waals surface area (Å²) in [4.78, 5) is 11.5. The molecule has 0 aliphatic heterocycles. The van der Waals surface area contributed by atoms with Crippen LogP contribution in [0.5, 0.6) is 5.75 Å². The van der Waals surface area contributed by atoms with Gasteiger partial charge in [0.05, 0.1) is 0 Å². The molecule has 3 N–H and O–H groups in total. The Morgan fingerprint density at radius 2 is 1.83 bits per heavy atom. The van der Waals surface area contributed by atoms with Crippen molar-refractivity contribution in [2.75, 3.05) is 0 Å². The summed E-state index contributed by atoms with van der Waals surface area (Å²) in [5, 5.41) is 9.65. The third-order valence-corrected chi connectivity index (χ3v) is 6.28. The van der Waals surface area contributed by atoms with Crippen LogP contribution in [0.2, 0.25) is 0 Å². The maximum atomic E-state index is 9.65. The van der Waals surface area contributed by atoms with Gasteiger partial charge in [-0.3, -0.25) is 0 Å².